The van der Waals surface area contributed by atoms with Crippen LogP contribution in [0.3, 0.4) is 0 Å². The van der Waals surface area contributed by atoms with Gasteiger partial charge in [0.05, 0.1) is 11.1 Å². The normalized spacial score (nSPS) is 10.6. The summed E-state index contributed by atoms with van der Waals surface area (Å²) in [7, 11) is 0. The molecule has 2 aromatic carbocycles. The van der Waals surface area contributed by atoms with E-state index in [2.05, 4.69) is 16.2 Å². The maximum atomic E-state index is 12.5. The van der Waals surface area contributed by atoms with Crippen LogP contribution in [0.2, 0.25) is 0 Å². The van der Waals surface area contributed by atoms with Crippen LogP contribution in [0, 0.1) is 11.3 Å². The van der Waals surface area contributed by atoms with Gasteiger partial charge in [-0.25, -0.2) is 4.79 Å². The second kappa shape index (κ2) is 8.52. The fourth-order valence-corrected chi connectivity index (χ4v) is 3.27. The molecule has 27 heavy (non-hydrogen) atoms. The molecule has 0 radical (unpaired) electrons. The van der Waals surface area contributed by atoms with Crippen molar-refractivity contribution in [2.24, 2.45) is 0 Å². The van der Waals surface area contributed by atoms with E-state index in [9.17, 15) is 10.1 Å². The van der Waals surface area contributed by atoms with Crippen LogP contribution in [0.15, 0.2) is 62.8 Å². The van der Waals surface area contributed by atoms with Gasteiger partial charge in [0.25, 0.3) is 5.89 Å². The highest BCUT2D eigenvalue weighted by Crippen LogP contribution is 2.33. The second-order valence-electron chi connectivity index (χ2n) is 5.98. The van der Waals surface area contributed by atoms with E-state index >= 15 is 0 Å². The first-order chi connectivity index (χ1) is 13.1. The number of carbonyl (C=O) groups excluding carboxylic acids is 1. The largest absolute Gasteiger partial charge is 0.452 e. The molecule has 0 saturated carbocycles. The van der Waals surface area contributed by atoms with Crippen molar-refractivity contribution in [1.82, 2.24) is 10.1 Å². The molecule has 0 saturated heterocycles. The molecule has 3 aromatic rings. The summed E-state index contributed by atoms with van der Waals surface area (Å²) in [6, 6.07) is 16.5. The molecule has 1 aromatic heterocycles. The summed E-state index contributed by atoms with van der Waals surface area (Å²) in [5.41, 5.74) is 0.969. The van der Waals surface area contributed by atoms with E-state index in [1.807, 2.05) is 38.1 Å². The smallest absolute Gasteiger partial charge is 0.339 e. The summed E-state index contributed by atoms with van der Waals surface area (Å²) in [5.74, 6) is 0.476. The second-order valence-corrected chi connectivity index (χ2v) is 7.07. The quantitative estimate of drug-likeness (QED) is 0.579. The molecule has 0 atom stereocenters. The predicted molar refractivity (Wildman–Crippen MR) is 99.2 cm³/mol. The van der Waals surface area contributed by atoms with Crippen LogP contribution in [-0.4, -0.2) is 16.1 Å². The van der Waals surface area contributed by atoms with Gasteiger partial charge in [-0.2, -0.15) is 10.2 Å². The summed E-state index contributed by atoms with van der Waals surface area (Å²) in [6.45, 7) is 3.81. The molecule has 6 nitrogen and oxygen atoms in total. The fourth-order valence-electron chi connectivity index (χ4n) is 2.26. The summed E-state index contributed by atoms with van der Waals surface area (Å²) in [4.78, 5) is 18.2. The monoisotopic (exact) mass is 379 g/mol. The van der Waals surface area contributed by atoms with Crippen LogP contribution >= 0.6 is 11.8 Å². The van der Waals surface area contributed by atoms with E-state index in [0.29, 0.717) is 21.8 Å². The van der Waals surface area contributed by atoms with Gasteiger partial charge in [-0.05, 0) is 24.3 Å². The Hall–Kier alpha value is -3.11. The lowest BCUT2D eigenvalue weighted by atomic mass is 10.2. The van der Waals surface area contributed by atoms with Gasteiger partial charge in [-0.1, -0.05) is 55.0 Å². The van der Waals surface area contributed by atoms with Crippen molar-refractivity contribution in [3.05, 3.63) is 71.4 Å². The molecule has 0 spiro atoms. The number of nitrogens with zero attached hydrogens (tertiary/aromatic N) is 3. The van der Waals surface area contributed by atoms with Crippen LogP contribution in [0.5, 0.6) is 0 Å². The number of nitriles is 1. The van der Waals surface area contributed by atoms with Crippen molar-refractivity contribution in [1.29, 1.82) is 5.26 Å². The summed E-state index contributed by atoms with van der Waals surface area (Å²) in [6.07, 6.45) is 0. The van der Waals surface area contributed by atoms with Crippen LogP contribution in [-0.2, 0) is 11.3 Å². The van der Waals surface area contributed by atoms with Gasteiger partial charge in [-0.3, -0.25) is 0 Å². The number of hydrogen-bond acceptors (Lipinski definition) is 7. The Morgan fingerprint density at radius 2 is 1.89 bits per heavy atom. The van der Waals surface area contributed by atoms with Gasteiger partial charge in [0.15, 0.2) is 12.4 Å². The maximum Gasteiger partial charge on any atom is 0.339 e. The van der Waals surface area contributed by atoms with Gasteiger partial charge in [0, 0.05) is 15.7 Å². The van der Waals surface area contributed by atoms with E-state index in [1.165, 1.54) is 11.8 Å². The molecule has 136 valence electrons. The fraction of sp³-hybridized carbons (Fsp3) is 0.200. The van der Waals surface area contributed by atoms with Crippen molar-refractivity contribution in [2.45, 2.75) is 36.2 Å². The van der Waals surface area contributed by atoms with E-state index < -0.39 is 5.97 Å². The van der Waals surface area contributed by atoms with Gasteiger partial charge in [0.2, 0.25) is 0 Å². The SMILES string of the molecule is CC(C)c1noc(COC(=O)c2ccccc2Sc2ccccc2C#N)n1. The van der Waals surface area contributed by atoms with Crippen LogP contribution < -0.4 is 0 Å². The topological polar surface area (TPSA) is 89.0 Å². The highest BCUT2D eigenvalue weighted by Gasteiger charge is 2.17. The average molecular weight is 379 g/mol. The Kier molecular flexibility index (Phi) is 5.89. The van der Waals surface area contributed by atoms with Crippen molar-refractivity contribution in [3.8, 4) is 6.07 Å². The number of ether oxygens (including phenoxy) is 1. The number of rotatable bonds is 6. The Morgan fingerprint density at radius 1 is 1.19 bits per heavy atom. The summed E-state index contributed by atoms with van der Waals surface area (Å²) in [5, 5.41) is 13.1. The predicted octanol–water partition coefficient (Wildman–Crippen LogP) is 4.57. The lowest BCUT2D eigenvalue weighted by Gasteiger charge is -2.09. The van der Waals surface area contributed by atoms with Crippen LogP contribution in [0.25, 0.3) is 0 Å². The molecule has 3 rings (SSSR count). The average Bonchev–Trinajstić information content (AvgIpc) is 3.16. The zero-order chi connectivity index (χ0) is 19.2. The zero-order valence-electron chi connectivity index (χ0n) is 14.9. The molecule has 0 fully saturated rings. The zero-order valence-corrected chi connectivity index (χ0v) is 15.7. The molecule has 0 bridgehead atoms. The Balaban J connectivity index is 1.74. The van der Waals surface area contributed by atoms with E-state index in [4.69, 9.17) is 9.26 Å². The summed E-state index contributed by atoms with van der Waals surface area (Å²) < 4.78 is 10.4. The van der Waals surface area contributed by atoms with Gasteiger partial charge < -0.3 is 9.26 Å². The minimum absolute atomic E-state index is 0.0909. The van der Waals surface area contributed by atoms with Crippen LogP contribution in [0.1, 0.15) is 47.4 Å². The third-order valence-electron chi connectivity index (χ3n) is 3.66. The Morgan fingerprint density at radius 3 is 2.59 bits per heavy atom. The number of benzene rings is 2. The first-order valence-corrected chi connectivity index (χ1v) is 9.15. The highest BCUT2D eigenvalue weighted by molar-refractivity contribution is 7.99. The van der Waals surface area contributed by atoms with E-state index in [-0.39, 0.29) is 18.4 Å². The minimum atomic E-state index is -0.489. The Labute approximate surface area is 161 Å². The lowest BCUT2D eigenvalue weighted by molar-refractivity contribution is 0.0425. The Bertz CT molecular complexity index is 992. The van der Waals surface area contributed by atoms with Gasteiger partial charge in [0.1, 0.15) is 6.07 Å². The highest BCUT2D eigenvalue weighted by atomic mass is 32.2. The summed E-state index contributed by atoms with van der Waals surface area (Å²) >= 11 is 1.35. The van der Waals surface area contributed by atoms with Crippen LogP contribution in [0.4, 0.5) is 0 Å². The van der Waals surface area contributed by atoms with Crippen molar-refractivity contribution < 1.29 is 14.1 Å². The number of aromatic nitrogens is 2. The molecular weight excluding hydrogens is 362 g/mol. The standard InChI is InChI=1S/C20H17N3O3S/c1-13(2)19-22-18(26-23-19)12-25-20(24)15-8-4-6-10-17(15)27-16-9-5-3-7-14(16)11-21/h3-10,13H,12H2,1-2H3. The number of hydrogen-bond donors (Lipinski definition) is 0. The number of esters is 1. The first kappa shape index (κ1) is 18.7. The maximum absolute atomic E-state index is 12.5. The molecule has 0 N–H and O–H groups in total. The van der Waals surface area contributed by atoms with Crippen molar-refractivity contribution in [2.75, 3.05) is 0 Å². The van der Waals surface area contributed by atoms with E-state index in [0.717, 1.165) is 4.90 Å². The molecule has 0 aliphatic rings. The first-order valence-electron chi connectivity index (χ1n) is 8.34. The van der Waals surface area contributed by atoms with Gasteiger partial charge >= 0.3 is 5.97 Å². The van der Waals surface area contributed by atoms with Gasteiger partial charge in [-0.15, -0.1) is 0 Å². The third-order valence-corrected chi connectivity index (χ3v) is 4.81. The van der Waals surface area contributed by atoms with Crippen molar-refractivity contribution in [3.63, 3.8) is 0 Å². The minimum Gasteiger partial charge on any atom is -0.452 e. The molecule has 7 heteroatoms. The molecule has 0 unspecified atom stereocenters. The molecule has 0 aliphatic carbocycles. The van der Waals surface area contributed by atoms with E-state index in [1.54, 1.807) is 24.3 Å². The molecule has 0 aliphatic heterocycles. The molecule has 0 amide bonds. The van der Waals surface area contributed by atoms with Crippen molar-refractivity contribution >= 4 is 17.7 Å². The molecular formula is C20H17N3O3S. The lowest BCUT2D eigenvalue weighted by Crippen LogP contribution is -2.07. The number of carbonyl (C=O) groups is 1. The third kappa shape index (κ3) is 4.54. The molecule has 1 heterocycles.